The Morgan fingerprint density at radius 2 is 2.00 bits per heavy atom. The molecule has 122 valence electrons. The Labute approximate surface area is 146 Å². The predicted molar refractivity (Wildman–Crippen MR) is 100 cm³/mol. The van der Waals surface area contributed by atoms with E-state index in [1.807, 2.05) is 24.0 Å². The number of hydrogen-bond acceptors (Lipinski definition) is 4. The highest BCUT2D eigenvalue weighted by Crippen LogP contribution is 2.45. The average Bonchev–Trinajstić information content (AvgIpc) is 3.09. The van der Waals surface area contributed by atoms with Gasteiger partial charge in [-0.05, 0) is 29.0 Å². The Morgan fingerprint density at radius 1 is 1.12 bits per heavy atom. The Morgan fingerprint density at radius 3 is 2.83 bits per heavy atom. The van der Waals surface area contributed by atoms with E-state index in [1.54, 1.807) is 7.11 Å². The molecular weight excluding hydrogens is 316 g/mol. The highest BCUT2D eigenvalue weighted by molar-refractivity contribution is 7.99. The number of ether oxygens (including phenoxy) is 1. The summed E-state index contributed by atoms with van der Waals surface area (Å²) < 4.78 is 5.71. The molecule has 1 aromatic heterocycles. The van der Waals surface area contributed by atoms with Crippen LogP contribution in [0, 0.1) is 0 Å². The summed E-state index contributed by atoms with van der Waals surface area (Å²) in [5.74, 6) is 2.10. The largest absolute Gasteiger partial charge is 0.496 e. The fourth-order valence-electron chi connectivity index (χ4n) is 3.34. The normalized spacial score (nSPS) is 18.1. The summed E-state index contributed by atoms with van der Waals surface area (Å²) in [6.45, 7) is 1.93. The molecule has 1 atom stereocenters. The molecule has 1 saturated heterocycles. The van der Waals surface area contributed by atoms with Gasteiger partial charge in [0.2, 0.25) is 0 Å². The van der Waals surface area contributed by atoms with Crippen molar-refractivity contribution in [1.29, 1.82) is 0 Å². The standard InChI is InChI=1S/C20H20N2OS/c1-23-18-10-9-15-6-2-3-8-17(15)19(18)20-22(12-13-24-20)14-16-7-4-5-11-21-16/h2-11,20H,12-14H2,1H3. The van der Waals surface area contributed by atoms with Gasteiger partial charge >= 0.3 is 0 Å². The molecule has 0 aliphatic carbocycles. The average molecular weight is 336 g/mol. The number of nitrogens with zero attached hydrogens (tertiary/aromatic N) is 2. The smallest absolute Gasteiger partial charge is 0.125 e. The first-order valence-electron chi connectivity index (χ1n) is 8.18. The number of aromatic nitrogens is 1. The van der Waals surface area contributed by atoms with E-state index in [0.717, 1.165) is 30.3 Å². The maximum absolute atomic E-state index is 5.71. The third-order valence-corrected chi connectivity index (χ3v) is 5.74. The Bertz CT molecular complexity index is 837. The zero-order chi connectivity index (χ0) is 16.4. The number of rotatable bonds is 4. The maximum Gasteiger partial charge on any atom is 0.125 e. The molecule has 1 aliphatic heterocycles. The van der Waals surface area contributed by atoms with Crippen LogP contribution < -0.4 is 4.74 Å². The van der Waals surface area contributed by atoms with Crippen LogP contribution >= 0.6 is 11.8 Å². The highest BCUT2D eigenvalue weighted by atomic mass is 32.2. The second-order valence-electron chi connectivity index (χ2n) is 5.92. The molecule has 4 heteroatoms. The summed E-state index contributed by atoms with van der Waals surface area (Å²) in [6.07, 6.45) is 1.87. The van der Waals surface area contributed by atoms with Crippen LogP contribution in [0.25, 0.3) is 10.8 Å². The topological polar surface area (TPSA) is 25.4 Å². The number of methoxy groups -OCH3 is 1. The monoisotopic (exact) mass is 336 g/mol. The SMILES string of the molecule is COc1ccc2ccccc2c1C1SCCN1Cc1ccccn1. The molecule has 4 rings (SSSR count). The van der Waals surface area contributed by atoms with E-state index in [-0.39, 0.29) is 0 Å². The van der Waals surface area contributed by atoms with Crippen molar-refractivity contribution >= 4 is 22.5 Å². The van der Waals surface area contributed by atoms with Gasteiger partial charge in [-0.25, -0.2) is 0 Å². The molecule has 2 aromatic carbocycles. The van der Waals surface area contributed by atoms with Crippen LogP contribution in [0.5, 0.6) is 5.75 Å². The molecule has 0 bridgehead atoms. The van der Waals surface area contributed by atoms with Crippen molar-refractivity contribution in [3.63, 3.8) is 0 Å². The van der Waals surface area contributed by atoms with Crippen molar-refractivity contribution in [3.8, 4) is 5.75 Å². The Balaban J connectivity index is 1.75. The van der Waals surface area contributed by atoms with Crippen molar-refractivity contribution < 1.29 is 4.74 Å². The minimum atomic E-state index is 0.299. The summed E-state index contributed by atoms with van der Waals surface area (Å²) in [4.78, 5) is 6.99. The molecule has 2 heterocycles. The third kappa shape index (κ3) is 2.87. The van der Waals surface area contributed by atoms with Crippen LogP contribution in [0.4, 0.5) is 0 Å². The van der Waals surface area contributed by atoms with Crippen LogP contribution in [0.3, 0.4) is 0 Å². The quantitative estimate of drug-likeness (QED) is 0.701. The molecular formula is C20H20N2OS. The summed E-state index contributed by atoms with van der Waals surface area (Å²) >= 11 is 1.99. The summed E-state index contributed by atoms with van der Waals surface area (Å²) in [7, 11) is 1.76. The third-order valence-electron chi connectivity index (χ3n) is 4.47. The summed E-state index contributed by atoms with van der Waals surface area (Å²) in [5, 5.41) is 2.84. The summed E-state index contributed by atoms with van der Waals surface area (Å²) in [6, 6.07) is 18.9. The fourth-order valence-corrected chi connectivity index (χ4v) is 4.70. The van der Waals surface area contributed by atoms with E-state index in [2.05, 4.69) is 58.4 Å². The number of fused-ring (bicyclic) bond motifs is 1. The molecule has 0 amide bonds. The van der Waals surface area contributed by atoms with Gasteiger partial charge in [-0.15, -0.1) is 11.8 Å². The van der Waals surface area contributed by atoms with Crippen LogP contribution in [-0.2, 0) is 6.54 Å². The zero-order valence-corrected chi connectivity index (χ0v) is 14.5. The molecule has 1 fully saturated rings. The number of pyridine rings is 1. The van der Waals surface area contributed by atoms with Crippen molar-refractivity contribution in [2.75, 3.05) is 19.4 Å². The molecule has 1 aliphatic rings. The number of thioether (sulfide) groups is 1. The van der Waals surface area contributed by atoms with Gasteiger partial charge in [0.15, 0.2) is 0 Å². The summed E-state index contributed by atoms with van der Waals surface area (Å²) in [5.41, 5.74) is 2.40. The zero-order valence-electron chi connectivity index (χ0n) is 13.7. The van der Waals surface area contributed by atoms with Gasteiger partial charge in [0.1, 0.15) is 5.75 Å². The van der Waals surface area contributed by atoms with E-state index in [1.165, 1.54) is 16.3 Å². The van der Waals surface area contributed by atoms with E-state index >= 15 is 0 Å². The van der Waals surface area contributed by atoms with E-state index < -0.39 is 0 Å². The molecule has 3 aromatic rings. The first-order valence-corrected chi connectivity index (χ1v) is 9.23. The lowest BCUT2D eigenvalue weighted by molar-refractivity contribution is 0.274. The highest BCUT2D eigenvalue weighted by Gasteiger charge is 2.30. The van der Waals surface area contributed by atoms with Crippen molar-refractivity contribution in [2.24, 2.45) is 0 Å². The number of benzene rings is 2. The molecule has 0 radical (unpaired) electrons. The lowest BCUT2D eigenvalue weighted by atomic mass is 10.0. The maximum atomic E-state index is 5.71. The minimum absolute atomic E-state index is 0.299. The van der Waals surface area contributed by atoms with Gasteiger partial charge in [-0.1, -0.05) is 36.4 Å². The molecule has 1 unspecified atom stereocenters. The van der Waals surface area contributed by atoms with Crippen LogP contribution in [0.15, 0.2) is 60.8 Å². The lowest BCUT2D eigenvalue weighted by Crippen LogP contribution is -2.23. The molecule has 24 heavy (non-hydrogen) atoms. The van der Waals surface area contributed by atoms with Crippen molar-refractivity contribution in [2.45, 2.75) is 11.9 Å². The van der Waals surface area contributed by atoms with E-state index in [4.69, 9.17) is 4.74 Å². The van der Waals surface area contributed by atoms with Gasteiger partial charge in [-0.2, -0.15) is 0 Å². The van der Waals surface area contributed by atoms with Gasteiger partial charge in [0.25, 0.3) is 0 Å². The minimum Gasteiger partial charge on any atom is -0.496 e. The molecule has 0 N–H and O–H groups in total. The van der Waals surface area contributed by atoms with Crippen LogP contribution in [-0.4, -0.2) is 29.3 Å². The van der Waals surface area contributed by atoms with Crippen LogP contribution in [0.2, 0.25) is 0 Å². The second-order valence-corrected chi connectivity index (χ2v) is 7.11. The second kappa shape index (κ2) is 6.83. The molecule has 0 saturated carbocycles. The van der Waals surface area contributed by atoms with Gasteiger partial charge < -0.3 is 4.74 Å². The first-order chi connectivity index (χ1) is 11.9. The van der Waals surface area contributed by atoms with E-state index in [0.29, 0.717) is 5.37 Å². The van der Waals surface area contributed by atoms with Crippen molar-refractivity contribution in [3.05, 3.63) is 72.1 Å². The Kier molecular flexibility index (Phi) is 4.41. The van der Waals surface area contributed by atoms with E-state index in [9.17, 15) is 0 Å². The van der Waals surface area contributed by atoms with Gasteiger partial charge in [-0.3, -0.25) is 9.88 Å². The molecule has 0 spiro atoms. The van der Waals surface area contributed by atoms with Crippen LogP contribution in [0.1, 0.15) is 16.6 Å². The van der Waals surface area contributed by atoms with Crippen molar-refractivity contribution in [1.82, 2.24) is 9.88 Å². The number of hydrogen-bond donors (Lipinski definition) is 0. The lowest BCUT2D eigenvalue weighted by Gasteiger charge is -2.26. The van der Waals surface area contributed by atoms with Gasteiger partial charge in [0, 0.05) is 30.6 Å². The Hall–Kier alpha value is -2.04. The fraction of sp³-hybridized carbons (Fsp3) is 0.250. The first kappa shape index (κ1) is 15.5. The van der Waals surface area contributed by atoms with Gasteiger partial charge in [0.05, 0.1) is 18.2 Å². The molecule has 3 nitrogen and oxygen atoms in total. The predicted octanol–water partition coefficient (Wildman–Crippen LogP) is 4.49.